The standard InChI is InChI=1S/C29H24FN5O5/c1-17-27(29(38)35(34(17)16-26(31)36)19-6-4-3-5-7-19)28(37)33-18-8-11-25(22(30)14-18)40-24-12-13-32-23-15-20(39-2)9-10-21(23)24/h3-15H,16H2,1-2H3,(H2,31,36)(H,33,37). The lowest BCUT2D eigenvalue weighted by Crippen LogP contribution is -2.28. The summed E-state index contributed by atoms with van der Waals surface area (Å²) in [6.45, 7) is 1.21. The zero-order chi connectivity index (χ0) is 28.4. The van der Waals surface area contributed by atoms with Crippen LogP contribution in [-0.4, -0.2) is 33.3 Å². The number of nitrogens with two attached hydrogens (primary N) is 1. The van der Waals surface area contributed by atoms with Crippen molar-refractivity contribution in [2.24, 2.45) is 5.73 Å². The van der Waals surface area contributed by atoms with Gasteiger partial charge in [-0.3, -0.25) is 24.0 Å². The molecule has 0 bridgehead atoms. The molecule has 0 atom stereocenters. The molecule has 2 amide bonds. The molecule has 0 saturated carbocycles. The Morgan fingerprint density at radius 1 is 1.02 bits per heavy atom. The Hall–Kier alpha value is -5.45. The minimum Gasteiger partial charge on any atom is -0.497 e. The number of rotatable bonds is 8. The minimum atomic E-state index is -0.766. The van der Waals surface area contributed by atoms with Crippen molar-refractivity contribution in [2.45, 2.75) is 13.5 Å². The smallest absolute Gasteiger partial charge is 0.284 e. The van der Waals surface area contributed by atoms with Crippen LogP contribution in [0.2, 0.25) is 0 Å². The molecule has 0 aliphatic rings. The SMILES string of the molecule is COc1ccc2c(Oc3ccc(NC(=O)c4c(C)n(CC(N)=O)n(-c5ccccc5)c4=O)cc3F)ccnc2c1. The van der Waals surface area contributed by atoms with Gasteiger partial charge in [0, 0.05) is 29.4 Å². The fourth-order valence-corrected chi connectivity index (χ4v) is 4.36. The fourth-order valence-electron chi connectivity index (χ4n) is 4.36. The summed E-state index contributed by atoms with van der Waals surface area (Å²) in [7, 11) is 1.55. The van der Waals surface area contributed by atoms with Gasteiger partial charge in [0.15, 0.2) is 11.6 Å². The fraction of sp³-hybridized carbons (Fsp3) is 0.103. The maximum atomic E-state index is 15.1. The van der Waals surface area contributed by atoms with E-state index in [4.69, 9.17) is 15.2 Å². The number of amides is 2. The number of nitrogens with zero attached hydrogens (tertiary/aromatic N) is 3. The summed E-state index contributed by atoms with van der Waals surface area (Å²) in [5.41, 5.74) is 5.93. The average molecular weight is 542 g/mol. The van der Waals surface area contributed by atoms with Crippen molar-refractivity contribution in [1.82, 2.24) is 14.3 Å². The number of anilines is 1. The number of primary amides is 1. The number of methoxy groups -OCH3 is 1. The maximum absolute atomic E-state index is 15.1. The molecular weight excluding hydrogens is 517 g/mol. The first-order chi connectivity index (χ1) is 19.3. The van der Waals surface area contributed by atoms with E-state index in [1.165, 1.54) is 28.4 Å². The van der Waals surface area contributed by atoms with E-state index in [1.54, 1.807) is 67.9 Å². The number of para-hydroxylation sites is 1. The van der Waals surface area contributed by atoms with E-state index in [0.29, 0.717) is 28.1 Å². The molecule has 0 aliphatic heterocycles. The monoisotopic (exact) mass is 541 g/mol. The second kappa shape index (κ2) is 10.7. The summed E-state index contributed by atoms with van der Waals surface area (Å²) >= 11 is 0. The highest BCUT2D eigenvalue weighted by Crippen LogP contribution is 2.33. The summed E-state index contributed by atoms with van der Waals surface area (Å²) in [6.07, 6.45) is 1.54. The highest BCUT2D eigenvalue weighted by molar-refractivity contribution is 6.05. The minimum absolute atomic E-state index is 0.0726. The number of carbonyl (C=O) groups is 2. The molecule has 202 valence electrons. The van der Waals surface area contributed by atoms with Crippen LogP contribution in [0, 0.1) is 12.7 Å². The van der Waals surface area contributed by atoms with Gasteiger partial charge in [0.2, 0.25) is 5.91 Å². The summed E-state index contributed by atoms with van der Waals surface area (Å²) < 4.78 is 28.6. The molecule has 3 N–H and O–H groups in total. The van der Waals surface area contributed by atoms with Gasteiger partial charge < -0.3 is 20.5 Å². The lowest BCUT2D eigenvalue weighted by atomic mass is 10.2. The highest BCUT2D eigenvalue weighted by atomic mass is 19.1. The number of halogens is 1. The van der Waals surface area contributed by atoms with Gasteiger partial charge in [-0.15, -0.1) is 0 Å². The van der Waals surface area contributed by atoms with Crippen molar-refractivity contribution in [3.05, 3.63) is 106 Å². The third-order valence-electron chi connectivity index (χ3n) is 6.25. The quantitative estimate of drug-likeness (QED) is 0.303. The van der Waals surface area contributed by atoms with Crippen LogP contribution in [-0.2, 0) is 11.3 Å². The van der Waals surface area contributed by atoms with Gasteiger partial charge in [-0.25, -0.2) is 9.07 Å². The van der Waals surface area contributed by atoms with E-state index in [9.17, 15) is 14.4 Å². The third-order valence-corrected chi connectivity index (χ3v) is 6.25. The lowest BCUT2D eigenvalue weighted by Gasteiger charge is -2.12. The van der Waals surface area contributed by atoms with E-state index in [1.807, 2.05) is 0 Å². The second-order valence-corrected chi connectivity index (χ2v) is 8.83. The number of hydrogen-bond acceptors (Lipinski definition) is 6. The number of carbonyl (C=O) groups excluding carboxylic acids is 2. The topological polar surface area (TPSA) is 130 Å². The predicted molar refractivity (Wildman–Crippen MR) is 147 cm³/mol. The number of ether oxygens (including phenoxy) is 2. The molecule has 5 aromatic rings. The van der Waals surface area contributed by atoms with Gasteiger partial charge in [-0.05, 0) is 49.4 Å². The van der Waals surface area contributed by atoms with Gasteiger partial charge >= 0.3 is 0 Å². The third kappa shape index (κ3) is 4.99. The van der Waals surface area contributed by atoms with Gasteiger partial charge in [-0.1, -0.05) is 18.2 Å². The maximum Gasteiger partial charge on any atom is 0.284 e. The summed E-state index contributed by atoms with van der Waals surface area (Å²) in [6, 6.07) is 19.3. The molecule has 11 heteroatoms. The molecule has 0 fully saturated rings. The first-order valence-electron chi connectivity index (χ1n) is 12.1. The Bertz CT molecular complexity index is 1810. The number of fused-ring (bicyclic) bond motifs is 1. The van der Waals surface area contributed by atoms with Crippen molar-refractivity contribution in [2.75, 3.05) is 12.4 Å². The molecule has 10 nitrogen and oxygen atoms in total. The predicted octanol–water partition coefficient (Wildman–Crippen LogP) is 4.17. The van der Waals surface area contributed by atoms with Gasteiger partial charge in [0.05, 0.1) is 24.0 Å². The van der Waals surface area contributed by atoms with Crippen LogP contribution >= 0.6 is 0 Å². The van der Waals surface area contributed by atoms with Gasteiger partial charge in [-0.2, -0.15) is 0 Å². The van der Waals surface area contributed by atoms with Crippen LogP contribution in [0.5, 0.6) is 17.2 Å². The average Bonchev–Trinajstić information content (AvgIpc) is 3.18. The first kappa shape index (κ1) is 26.2. The molecule has 0 radical (unpaired) electrons. The first-order valence-corrected chi connectivity index (χ1v) is 12.1. The van der Waals surface area contributed by atoms with E-state index in [2.05, 4.69) is 10.3 Å². The molecule has 2 aromatic heterocycles. The van der Waals surface area contributed by atoms with Crippen molar-refractivity contribution < 1.29 is 23.5 Å². The summed E-state index contributed by atoms with van der Waals surface area (Å²) in [4.78, 5) is 42.5. The molecule has 2 heterocycles. The van der Waals surface area contributed by atoms with Gasteiger partial charge in [0.1, 0.15) is 23.6 Å². The highest BCUT2D eigenvalue weighted by Gasteiger charge is 2.25. The molecular formula is C29H24FN5O5. The molecule has 3 aromatic carbocycles. The Balaban J connectivity index is 1.42. The molecule has 0 aliphatic carbocycles. The lowest BCUT2D eigenvalue weighted by molar-refractivity contribution is -0.118. The van der Waals surface area contributed by atoms with E-state index in [-0.39, 0.29) is 29.2 Å². The molecule has 5 rings (SSSR count). The Morgan fingerprint density at radius 2 is 1.80 bits per heavy atom. The molecule has 40 heavy (non-hydrogen) atoms. The molecule has 0 unspecified atom stereocenters. The number of pyridine rings is 1. The van der Waals surface area contributed by atoms with E-state index < -0.39 is 23.2 Å². The Labute approximate surface area is 227 Å². The summed E-state index contributed by atoms with van der Waals surface area (Å²) in [5.74, 6) is -1.25. The molecule has 0 spiro atoms. The van der Waals surface area contributed by atoms with E-state index in [0.717, 1.165) is 6.07 Å². The largest absolute Gasteiger partial charge is 0.497 e. The van der Waals surface area contributed by atoms with Crippen LogP contribution < -0.4 is 26.1 Å². The van der Waals surface area contributed by atoms with Crippen LogP contribution in [0.3, 0.4) is 0 Å². The van der Waals surface area contributed by atoms with Crippen LogP contribution in [0.25, 0.3) is 16.6 Å². The van der Waals surface area contributed by atoms with Crippen molar-refractivity contribution in [1.29, 1.82) is 0 Å². The molecule has 0 saturated heterocycles. The van der Waals surface area contributed by atoms with Gasteiger partial charge in [0.25, 0.3) is 11.5 Å². The number of hydrogen-bond donors (Lipinski definition) is 2. The van der Waals surface area contributed by atoms with Crippen molar-refractivity contribution in [3.8, 4) is 22.9 Å². The Morgan fingerprint density at radius 3 is 2.50 bits per heavy atom. The number of nitrogens with one attached hydrogen (secondary N) is 1. The summed E-state index contributed by atoms with van der Waals surface area (Å²) in [5, 5.41) is 3.22. The normalized spacial score (nSPS) is 10.9. The van der Waals surface area contributed by atoms with Crippen molar-refractivity contribution >= 4 is 28.4 Å². The zero-order valence-corrected chi connectivity index (χ0v) is 21.6. The zero-order valence-electron chi connectivity index (χ0n) is 21.6. The Kier molecular flexibility index (Phi) is 7.02. The number of benzene rings is 3. The van der Waals surface area contributed by atoms with E-state index >= 15 is 4.39 Å². The van der Waals surface area contributed by atoms with Crippen LogP contribution in [0.4, 0.5) is 10.1 Å². The van der Waals surface area contributed by atoms with Crippen LogP contribution in [0.15, 0.2) is 83.8 Å². The number of aromatic nitrogens is 3. The van der Waals surface area contributed by atoms with Crippen LogP contribution in [0.1, 0.15) is 16.1 Å². The van der Waals surface area contributed by atoms with Crippen molar-refractivity contribution in [3.63, 3.8) is 0 Å². The second-order valence-electron chi connectivity index (χ2n) is 8.83.